The summed E-state index contributed by atoms with van der Waals surface area (Å²) < 4.78 is 4.63. The Balaban J connectivity index is 1.75. The van der Waals surface area contributed by atoms with Gasteiger partial charge >= 0.3 is 5.97 Å². The van der Waals surface area contributed by atoms with Crippen molar-refractivity contribution in [3.05, 3.63) is 105 Å². The predicted octanol–water partition coefficient (Wildman–Crippen LogP) is 0.337. The van der Waals surface area contributed by atoms with Crippen molar-refractivity contribution in [3.63, 3.8) is 0 Å². The van der Waals surface area contributed by atoms with Crippen molar-refractivity contribution in [2.75, 3.05) is 12.4 Å². The van der Waals surface area contributed by atoms with Gasteiger partial charge in [0, 0.05) is 28.9 Å². The number of carbonyl (C=O) groups excluding carboxylic acids is 4. The van der Waals surface area contributed by atoms with Crippen molar-refractivity contribution in [1.29, 1.82) is 0 Å². The lowest BCUT2D eigenvalue weighted by Crippen LogP contribution is -2.99. The minimum atomic E-state index is -1.99. The van der Waals surface area contributed by atoms with Crippen LogP contribution in [0.15, 0.2) is 82.7 Å². The molecule has 0 fully saturated rings. The van der Waals surface area contributed by atoms with E-state index in [0.29, 0.717) is 5.56 Å². The molecule has 3 aromatic carbocycles. The number of fused-ring (bicyclic) bond motifs is 1. The maximum absolute atomic E-state index is 13.4. The third-order valence-corrected chi connectivity index (χ3v) is 5.95. The van der Waals surface area contributed by atoms with Gasteiger partial charge in [-0.2, -0.15) is 10.3 Å². The highest BCUT2D eigenvalue weighted by Crippen LogP contribution is 2.21. The molecule has 0 bridgehead atoms. The molecule has 14 nitrogen and oxygen atoms in total. The fourth-order valence-corrected chi connectivity index (χ4v) is 3.97. The summed E-state index contributed by atoms with van der Waals surface area (Å²) in [5.41, 5.74) is -1.59. The van der Waals surface area contributed by atoms with Crippen LogP contribution in [0.4, 0.5) is 11.4 Å². The summed E-state index contributed by atoms with van der Waals surface area (Å²) in [6.07, 6.45) is 0. The number of rotatable bonds is 9. The second kappa shape index (κ2) is 12.1. The Kier molecular flexibility index (Phi) is 8.38. The van der Waals surface area contributed by atoms with Gasteiger partial charge in [0.2, 0.25) is 5.78 Å². The number of nitrogens with two attached hydrogens (primary N) is 1. The Morgan fingerprint density at radius 2 is 1.78 bits per heavy atom. The molecule has 1 aromatic heterocycles. The standard InChI is InChI=1S/C27H22N6O8/c1-41-27(38)22(32-28)20(24(35)26(37)29-16-8-5-9-17(13-16)33(39)40)21-25(36)31-19-12-15(10-11-18(19)30-21)23(34)14-6-3-2-4-7-14/h2-13,20,33,39H,28H2,1H3,(H,29,37)(H,31,36)/b32-22+. The first-order valence-corrected chi connectivity index (χ1v) is 11.8. The Labute approximate surface area is 230 Å². The Bertz CT molecular complexity index is 1750. The predicted molar refractivity (Wildman–Crippen MR) is 144 cm³/mol. The van der Waals surface area contributed by atoms with Crippen LogP contribution in [0, 0.1) is 5.21 Å². The molecular weight excluding hydrogens is 536 g/mol. The van der Waals surface area contributed by atoms with Gasteiger partial charge in [0.1, 0.15) is 11.6 Å². The summed E-state index contributed by atoms with van der Waals surface area (Å²) in [6.45, 7) is 0. The number of quaternary nitrogens is 1. The zero-order valence-electron chi connectivity index (χ0n) is 21.3. The minimum Gasteiger partial charge on any atom is -0.595 e. The molecule has 1 heterocycles. The van der Waals surface area contributed by atoms with E-state index in [1.807, 2.05) is 0 Å². The molecule has 0 radical (unpaired) electrons. The molecule has 0 saturated heterocycles. The highest BCUT2D eigenvalue weighted by molar-refractivity contribution is 6.53. The fourth-order valence-electron chi connectivity index (χ4n) is 3.97. The van der Waals surface area contributed by atoms with Crippen LogP contribution in [-0.2, 0) is 19.1 Å². The molecule has 0 aliphatic carbocycles. The fraction of sp³-hybridized carbons (Fsp3) is 0.0741. The number of nitrogens with zero attached hydrogens (tertiary/aromatic N) is 2. The molecule has 2 atom stereocenters. The molecule has 1 amide bonds. The molecule has 0 saturated carbocycles. The van der Waals surface area contributed by atoms with Gasteiger partial charge in [0.25, 0.3) is 11.5 Å². The molecule has 6 N–H and O–H groups in total. The highest BCUT2D eigenvalue weighted by atomic mass is 16.8. The first-order valence-electron chi connectivity index (χ1n) is 11.8. The van der Waals surface area contributed by atoms with Crippen LogP contribution >= 0.6 is 0 Å². The monoisotopic (exact) mass is 558 g/mol. The summed E-state index contributed by atoms with van der Waals surface area (Å²) >= 11 is 0. The molecule has 0 spiro atoms. The van der Waals surface area contributed by atoms with E-state index in [1.165, 1.54) is 36.4 Å². The lowest BCUT2D eigenvalue weighted by Gasteiger charge is -2.16. The average Bonchev–Trinajstić information content (AvgIpc) is 2.98. The van der Waals surface area contributed by atoms with E-state index in [2.05, 4.69) is 25.1 Å². The Morgan fingerprint density at radius 1 is 1.05 bits per heavy atom. The summed E-state index contributed by atoms with van der Waals surface area (Å²) in [5.74, 6) is -0.800. The number of benzene rings is 3. The van der Waals surface area contributed by atoms with E-state index in [1.54, 1.807) is 30.3 Å². The maximum atomic E-state index is 13.4. The van der Waals surface area contributed by atoms with Crippen molar-refractivity contribution < 1.29 is 34.3 Å². The van der Waals surface area contributed by atoms with Crippen LogP contribution in [0.1, 0.15) is 27.5 Å². The van der Waals surface area contributed by atoms with Gasteiger partial charge in [-0.15, -0.1) is 0 Å². The van der Waals surface area contributed by atoms with Gasteiger partial charge < -0.3 is 26.1 Å². The number of aromatic amines is 1. The van der Waals surface area contributed by atoms with Crippen LogP contribution in [0.5, 0.6) is 0 Å². The van der Waals surface area contributed by atoms with E-state index < -0.39 is 45.8 Å². The van der Waals surface area contributed by atoms with Crippen LogP contribution in [-0.4, -0.2) is 51.4 Å². The van der Waals surface area contributed by atoms with Crippen molar-refractivity contribution in [2.45, 2.75) is 5.92 Å². The zero-order valence-corrected chi connectivity index (χ0v) is 21.3. The Hall–Kier alpha value is -5.57. The number of hydrogen-bond donors (Lipinski definition) is 5. The van der Waals surface area contributed by atoms with Crippen molar-refractivity contribution in [2.24, 2.45) is 10.9 Å². The van der Waals surface area contributed by atoms with Crippen LogP contribution in [0.25, 0.3) is 11.0 Å². The van der Waals surface area contributed by atoms with Crippen LogP contribution in [0.3, 0.4) is 0 Å². The molecule has 4 rings (SSSR count). The molecule has 0 aliphatic rings. The van der Waals surface area contributed by atoms with Crippen molar-refractivity contribution in [3.8, 4) is 0 Å². The number of methoxy groups -OCH3 is 1. The van der Waals surface area contributed by atoms with Gasteiger partial charge in [-0.05, 0) is 24.3 Å². The van der Waals surface area contributed by atoms with E-state index in [-0.39, 0.29) is 33.8 Å². The third-order valence-electron chi connectivity index (χ3n) is 5.95. The quantitative estimate of drug-likeness (QED) is 0.0473. The topological polar surface area (TPSA) is 221 Å². The Morgan fingerprint density at radius 3 is 2.44 bits per heavy atom. The van der Waals surface area contributed by atoms with Gasteiger partial charge in [0.05, 0.1) is 18.1 Å². The number of ether oxygens (including phenoxy) is 1. The molecule has 208 valence electrons. The summed E-state index contributed by atoms with van der Waals surface area (Å²) in [4.78, 5) is 71.5. The van der Waals surface area contributed by atoms with Gasteiger partial charge in [-0.1, -0.05) is 36.4 Å². The molecule has 0 aliphatic heterocycles. The third kappa shape index (κ3) is 6.04. The number of ketones is 2. The SMILES string of the molecule is COC(=O)/C(=N/N)C(C(=O)C(=O)Nc1cccc([NH+]([O-])O)c1)c1nc2ccc(C(=O)c3ccccc3)cc2[nH]c1=O. The normalized spacial score (nSPS) is 12.8. The number of amides is 1. The number of carbonyl (C=O) groups is 4. The van der Waals surface area contributed by atoms with E-state index in [0.717, 1.165) is 13.2 Å². The van der Waals surface area contributed by atoms with E-state index in [9.17, 15) is 34.4 Å². The first kappa shape index (κ1) is 28.4. The molecule has 4 aromatic rings. The average molecular weight is 559 g/mol. The number of anilines is 1. The number of hydrazone groups is 1. The van der Waals surface area contributed by atoms with E-state index in [4.69, 9.17) is 5.84 Å². The number of H-pyrrole nitrogens is 1. The first-order chi connectivity index (χ1) is 19.6. The highest BCUT2D eigenvalue weighted by Gasteiger charge is 2.39. The second-order valence-electron chi connectivity index (χ2n) is 8.52. The smallest absolute Gasteiger partial charge is 0.355 e. The number of esters is 1. The lowest BCUT2D eigenvalue weighted by molar-refractivity contribution is -0.991. The number of aromatic nitrogens is 2. The molecule has 14 heteroatoms. The number of nitrogens with one attached hydrogen (secondary N) is 3. The number of Topliss-reactive ketones (excluding diaryl/α,β-unsaturated/α-hetero) is 1. The maximum Gasteiger partial charge on any atom is 0.355 e. The summed E-state index contributed by atoms with van der Waals surface area (Å²) in [6, 6.07) is 17.8. The molecule has 41 heavy (non-hydrogen) atoms. The second-order valence-corrected chi connectivity index (χ2v) is 8.52. The van der Waals surface area contributed by atoms with Gasteiger partial charge in [-0.3, -0.25) is 19.2 Å². The molecule has 2 unspecified atom stereocenters. The number of hydrogen-bond acceptors (Lipinski definition) is 11. The largest absolute Gasteiger partial charge is 0.595 e. The minimum absolute atomic E-state index is 0.0395. The molecular formula is C27H22N6O8. The summed E-state index contributed by atoms with van der Waals surface area (Å²) in [5, 5.41) is 24.7. The van der Waals surface area contributed by atoms with Gasteiger partial charge in [-0.25, -0.2) is 15.0 Å². The van der Waals surface area contributed by atoms with Crippen LogP contribution in [0.2, 0.25) is 0 Å². The van der Waals surface area contributed by atoms with Crippen molar-refractivity contribution in [1.82, 2.24) is 9.97 Å². The summed E-state index contributed by atoms with van der Waals surface area (Å²) in [7, 11) is 0.982. The lowest BCUT2D eigenvalue weighted by atomic mass is 9.93. The van der Waals surface area contributed by atoms with E-state index >= 15 is 0 Å². The zero-order chi connectivity index (χ0) is 29.7. The van der Waals surface area contributed by atoms with Crippen molar-refractivity contribution >= 4 is 51.6 Å². The van der Waals surface area contributed by atoms with Crippen LogP contribution < -0.4 is 21.9 Å². The van der Waals surface area contributed by atoms with Gasteiger partial charge in [0.15, 0.2) is 17.2 Å².